The second-order valence-electron chi connectivity index (χ2n) is 5.87. The fraction of sp³-hybridized carbons (Fsp3) is 0.316. The van der Waals surface area contributed by atoms with E-state index in [1.165, 1.54) is 0 Å². The molecule has 1 amide bonds. The van der Waals surface area contributed by atoms with E-state index in [4.69, 9.17) is 15.2 Å². The fourth-order valence-electron chi connectivity index (χ4n) is 2.57. The average Bonchev–Trinajstić information content (AvgIpc) is 2.72. The number of benzene rings is 1. The molecule has 0 atom stereocenters. The van der Waals surface area contributed by atoms with Crippen molar-refractivity contribution in [2.75, 3.05) is 36.6 Å². The van der Waals surface area contributed by atoms with Crippen LogP contribution in [0.1, 0.15) is 12.5 Å². The lowest BCUT2D eigenvalue weighted by atomic mass is 10.1. The lowest BCUT2D eigenvalue weighted by Crippen LogP contribution is -2.35. The summed E-state index contributed by atoms with van der Waals surface area (Å²) < 4.78 is 10.6. The first-order valence-electron chi connectivity index (χ1n) is 9.04. The molecular formula is C19H23N5O5S. The molecule has 1 heterocycles. The third-order valence-electron chi connectivity index (χ3n) is 3.87. The molecule has 0 unspecified atom stereocenters. The normalized spacial score (nSPS) is 10.3. The highest BCUT2D eigenvalue weighted by Gasteiger charge is 2.31. The Morgan fingerprint density at radius 3 is 2.83 bits per heavy atom. The minimum Gasteiger partial charge on any atom is -0.490 e. The van der Waals surface area contributed by atoms with E-state index in [0.29, 0.717) is 18.8 Å². The van der Waals surface area contributed by atoms with Crippen molar-refractivity contribution in [2.45, 2.75) is 18.5 Å². The predicted octanol–water partition coefficient (Wildman–Crippen LogP) is 3.46. The van der Waals surface area contributed by atoms with Gasteiger partial charge in [0.25, 0.3) is 0 Å². The summed E-state index contributed by atoms with van der Waals surface area (Å²) in [4.78, 5) is 32.7. The SMILES string of the molecule is C=CCOc1cccc(CCN(C(=O)OCC)c2nc(SC)nc(N)c2[N+](=O)[O-])c1. The van der Waals surface area contributed by atoms with Gasteiger partial charge in [-0.3, -0.25) is 15.0 Å². The van der Waals surface area contributed by atoms with Gasteiger partial charge in [-0.25, -0.2) is 4.79 Å². The van der Waals surface area contributed by atoms with Crippen molar-refractivity contribution in [3.05, 3.63) is 52.6 Å². The molecule has 0 saturated heterocycles. The molecule has 0 bridgehead atoms. The van der Waals surface area contributed by atoms with Crippen LogP contribution in [0.4, 0.5) is 22.1 Å². The maximum Gasteiger partial charge on any atom is 0.415 e. The number of nitro groups is 1. The Hall–Kier alpha value is -3.34. The van der Waals surface area contributed by atoms with Crippen molar-refractivity contribution in [1.29, 1.82) is 0 Å². The number of ether oxygens (including phenoxy) is 2. The Kier molecular flexibility index (Phi) is 8.41. The van der Waals surface area contributed by atoms with Gasteiger partial charge in [-0.1, -0.05) is 36.5 Å². The van der Waals surface area contributed by atoms with Gasteiger partial charge in [-0.15, -0.1) is 0 Å². The van der Waals surface area contributed by atoms with E-state index < -0.39 is 16.7 Å². The Labute approximate surface area is 178 Å². The number of carbonyl (C=O) groups excluding carboxylic acids is 1. The van der Waals surface area contributed by atoms with Gasteiger partial charge in [0.1, 0.15) is 12.4 Å². The second-order valence-corrected chi connectivity index (χ2v) is 6.65. The number of thioether (sulfide) groups is 1. The van der Waals surface area contributed by atoms with E-state index in [1.54, 1.807) is 25.3 Å². The van der Waals surface area contributed by atoms with Crippen molar-refractivity contribution in [3.8, 4) is 5.75 Å². The average molecular weight is 433 g/mol. The van der Waals surface area contributed by atoms with Crippen LogP contribution in [0, 0.1) is 10.1 Å². The Bertz CT molecular complexity index is 924. The van der Waals surface area contributed by atoms with Crippen LogP contribution in [-0.4, -0.2) is 47.0 Å². The van der Waals surface area contributed by atoms with Crippen molar-refractivity contribution in [1.82, 2.24) is 9.97 Å². The maximum atomic E-state index is 12.6. The molecule has 0 saturated carbocycles. The minimum absolute atomic E-state index is 0.0782. The molecule has 0 spiro atoms. The lowest BCUT2D eigenvalue weighted by molar-refractivity contribution is -0.383. The first-order chi connectivity index (χ1) is 14.4. The molecule has 0 radical (unpaired) electrons. The molecule has 0 fully saturated rings. The molecule has 2 N–H and O–H groups in total. The van der Waals surface area contributed by atoms with Gasteiger partial charge in [0.15, 0.2) is 5.16 Å². The number of rotatable bonds is 10. The molecule has 11 heteroatoms. The summed E-state index contributed by atoms with van der Waals surface area (Å²) in [6, 6.07) is 7.30. The van der Waals surface area contributed by atoms with Crippen LogP contribution in [0.2, 0.25) is 0 Å². The number of hydrogen-bond acceptors (Lipinski definition) is 9. The summed E-state index contributed by atoms with van der Waals surface area (Å²) in [7, 11) is 0. The number of carbonyl (C=O) groups is 1. The predicted molar refractivity (Wildman–Crippen MR) is 115 cm³/mol. The van der Waals surface area contributed by atoms with E-state index >= 15 is 0 Å². The Morgan fingerprint density at radius 1 is 1.43 bits per heavy atom. The van der Waals surface area contributed by atoms with Gasteiger partial charge in [0.2, 0.25) is 11.6 Å². The van der Waals surface area contributed by atoms with Gasteiger partial charge >= 0.3 is 11.8 Å². The van der Waals surface area contributed by atoms with Crippen molar-refractivity contribution < 1.29 is 19.2 Å². The number of hydrogen-bond donors (Lipinski definition) is 1. The quantitative estimate of drug-likeness (QED) is 0.196. The minimum atomic E-state index is -0.759. The zero-order valence-corrected chi connectivity index (χ0v) is 17.6. The van der Waals surface area contributed by atoms with Gasteiger partial charge in [-0.05, 0) is 37.3 Å². The van der Waals surface area contributed by atoms with Gasteiger partial charge in [0.05, 0.1) is 11.5 Å². The van der Waals surface area contributed by atoms with E-state index in [0.717, 1.165) is 22.2 Å². The highest BCUT2D eigenvalue weighted by Crippen LogP contribution is 2.33. The summed E-state index contributed by atoms with van der Waals surface area (Å²) in [5, 5.41) is 11.8. The number of nitrogens with zero attached hydrogens (tertiary/aromatic N) is 4. The summed E-state index contributed by atoms with van der Waals surface area (Å²) in [6.07, 6.45) is 2.95. The van der Waals surface area contributed by atoms with Crippen LogP contribution in [0.5, 0.6) is 5.75 Å². The molecule has 10 nitrogen and oxygen atoms in total. The molecule has 160 valence electrons. The molecule has 1 aromatic heterocycles. The van der Waals surface area contributed by atoms with Gasteiger partial charge < -0.3 is 15.2 Å². The maximum absolute atomic E-state index is 12.6. The monoisotopic (exact) mass is 433 g/mol. The van der Waals surface area contributed by atoms with Crippen LogP contribution < -0.4 is 15.4 Å². The largest absolute Gasteiger partial charge is 0.490 e. The molecule has 0 aliphatic heterocycles. The molecule has 2 rings (SSSR count). The number of anilines is 2. The smallest absolute Gasteiger partial charge is 0.415 e. The van der Waals surface area contributed by atoms with E-state index in [-0.39, 0.29) is 29.9 Å². The van der Waals surface area contributed by atoms with Crippen LogP contribution in [0.25, 0.3) is 0 Å². The zero-order chi connectivity index (χ0) is 22.1. The van der Waals surface area contributed by atoms with E-state index in [9.17, 15) is 14.9 Å². The van der Waals surface area contributed by atoms with Crippen molar-refractivity contribution >= 4 is 35.2 Å². The fourth-order valence-corrected chi connectivity index (χ4v) is 2.93. The summed E-state index contributed by atoms with van der Waals surface area (Å²) >= 11 is 1.16. The molecular weight excluding hydrogens is 410 g/mol. The third-order valence-corrected chi connectivity index (χ3v) is 4.42. The van der Waals surface area contributed by atoms with Gasteiger partial charge in [-0.2, -0.15) is 9.97 Å². The topological polar surface area (TPSA) is 134 Å². The van der Waals surface area contributed by atoms with Crippen molar-refractivity contribution in [2.24, 2.45) is 0 Å². The molecule has 30 heavy (non-hydrogen) atoms. The second kappa shape index (κ2) is 11.0. The van der Waals surface area contributed by atoms with E-state index in [1.807, 2.05) is 18.2 Å². The molecule has 0 aliphatic rings. The first-order valence-corrected chi connectivity index (χ1v) is 10.3. The summed E-state index contributed by atoms with van der Waals surface area (Å²) in [5.41, 5.74) is 6.10. The van der Waals surface area contributed by atoms with Crippen molar-refractivity contribution in [3.63, 3.8) is 0 Å². The van der Waals surface area contributed by atoms with Gasteiger partial charge in [0, 0.05) is 6.54 Å². The van der Waals surface area contributed by atoms with Crippen LogP contribution in [-0.2, 0) is 11.2 Å². The number of nitrogens with two attached hydrogens (primary N) is 1. The van der Waals surface area contributed by atoms with Crippen LogP contribution in [0.15, 0.2) is 42.1 Å². The zero-order valence-electron chi connectivity index (χ0n) is 16.7. The Balaban J connectivity index is 2.38. The standard InChI is InChI=1S/C19H23N5O5S/c1-4-11-29-14-8-6-7-13(12-14)9-10-23(19(25)28-5-2)17-15(24(26)27)16(20)21-18(22-17)30-3/h4,6-8,12H,1,5,9-11H2,2-3H3,(H2,20,21,22). The number of nitrogen functional groups attached to an aromatic ring is 1. The Morgan fingerprint density at radius 2 is 2.20 bits per heavy atom. The first kappa shape index (κ1) is 22.9. The highest BCUT2D eigenvalue weighted by atomic mass is 32.2. The van der Waals surface area contributed by atoms with Crippen LogP contribution in [0.3, 0.4) is 0 Å². The van der Waals surface area contributed by atoms with Crippen LogP contribution >= 0.6 is 11.8 Å². The number of aromatic nitrogens is 2. The number of amides is 1. The van der Waals surface area contributed by atoms with E-state index in [2.05, 4.69) is 16.5 Å². The molecule has 0 aliphatic carbocycles. The third kappa shape index (κ3) is 5.83. The highest BCUT2D eigenvalue weighted by molar-refractivity contribution is 7.98. The molecule has 2 aromatic rings. The summed E-state index contributed by atoms with van der Waals surface area (Å²) in [6.45, 7) is 5.80. The lowest BCUT2D eigenvalue weighted by Gasteiger charge is -2.21. The molecule has 1 aromatic carbocycles. The summed E-state index contributed by atoms with van der Waals surface area (Å²) in [5.74, 6) is 0.134.